The maximum atomic E-state index is 13.1. The molecule has 3 N–H and O–H groups in total. The predicted molar refractivity (Wildman–Crippen MR) is 110 cm³/mol. The third-order valence-electron chi connectivity index (χ3n) is 4.41. The number of hydrogen-bond donors (Lipinski definition) is 3. The van der Waals surface area contributed by atoms with Gasteiger partial charge in [0.25, 0.3) is 0 Å². The van der Waals surface area contributed by atoms with Crippen molar-refractivity contribution >= 4 is 44.8 Å². The molecule has 0 bridgehead atoms. The molecule has 0 aromatic heterocycles. The van der Waals surface area contributed by atoms with E-state index in [1.54, 1.807) is 6.92 Å². The number of phenols is 1. The molecule has 0 heterocycles. The van der Waals surface area contributed by atoms with E-state index >= 15 is 0 Å². The quantitative estimate of drug-likeness (QED) is 0.543. The lowest BCUT2D eigenvalue weighted by Crippen LogP contribution is -2.38. The summed E-state index contributed by atoms with van der Waals surface area (Å²) in [5.41, 5.74) is -0.0780. The zero-order chi connectivity index (χ0) is 21.1. The molecule has 2 rings (SSSR count). The molecule has 0 unspecified atom stereocenters. The zero-order valence-electron chi connectivity index (χ0n) is 15.9. The highest BCUT2D eigenvalue weighted by atomic mass is 35.5. The molecule has 1 aliphatic rings. The Morgan fingerprint density at radius 2 is 2.04 bits per heavy atom. The highest BCUT2D eigenvalue weighted by molar-refractivity contribution is 7.93. The highest BCUT2D eigenvalue weighted by Gasteiger charge is 2.40. The number of anilines is 1. The van der Waals surface area contributed by atoms with Gasteiger partial charge in [0.1, 0.15) is 4.90 Å². The van der Waals surface area contributed by atoms with Crippen LogP contribution >= 0.6 is 23.2 Å². The lowest BCUT2D eigenvalue weighted by atomic mass is 10.2. The fourth-order valence-corrected chi connectivity index (χ4v) is 4.94. The van der Waals surface area contributed by atoms with Gasteiger partial charge in [0.15, 0.2) is 15.6 Å². The number of allylic oxidation sites excluding steroid dienone is 1. The summed E-state index contributed by atoms with van der Waals surface area (Å²) in [6.07, 6.45) is 3.24. The number of sulfone groups is 1. The van der Waals surface area contributed by atoms with E-state index in [1.807, 2.05) is 6.08 Å². The molecule has 0 fully saturated rings. The summed E-state index contributed by atoms with van der Waals surface area (Å²) in [6, 6.07) is 1.71. The number of urea groups is 1. The Balaban J connectivity index is 2.30. The van der Waals surface area contributed by atoms with Crippen LogP contribution in [0.1, 0.15) is 33.6 Å². The molecule has 28 heavy (non-hydrogen) atoms. The van der Waals surface area contributed by atoms with Gasteiger partial charge < -0.3 is 20.5 Å². The lowest BCUT2D eigenvalue weighted by Gasteiger charge is -2.26. The van der Waals surface area contributed by atoms with E-state index in [0.717, 1.165) is 6.42 Å². The van der Waals surface area contributed by atoms with Crippen molar-refractivity contribution in [1.82, 2.24) is 5.32 Å². The molecule has 7 nitrogen and oxygen atoms in total. The van der Waals surface area contributed by atoms with Crippen LogP contribution in [0.25, 0.3) is 0 Å². The third-order valence-corrected chi connectivity index (χ3v) is 7.78. The van der Waals surface area contributed by atoms with Crippen molar-refractivity contribution in [3.63, 3.8) is 0 Å². The monoisotopic (exact) mass is 450 g/mol. The number of hydrogen-bond acceptors (Lipinski definition) is 5. The number of phenolic OH excluding ortho intramolecular Hbond substituents is 1. The summed E-state index contributed by atoms with van der Waals surface area (Å²) >= 11 is 12.1. The highest BCUT2D eigenvalue weighted by Crippen LogP contribution is 2.41. The molecule has 0 saturated carbocycles. The van der Waals surface area contributed by atoms with Gasteiger partial charge >= 0.3 is 6.03 Å². The first-order chi connectivity index (χ1) is 13.0. The van der Waals surface area contributed by atoms with Gasteiger partial charge in [0.05, 0.1) is 28.1 Å². The fourth-order valence-electron chi connectivity index (χ4n) is 2.73. The first kappa shape index (κ1) is 22.8. The average Bonchev–Trinajstić information content (AvgIpc) is 3.00. The number of benzene rings is 1. The Labute approximate surface area is 175 Å². The Morgan fingerprint density at radius 3 is 2.61 bits per heavy atom. The van der Waals surface area contributed by atoms with Gasteiger partial charge in [-0.15, -0.1) is 0 Å². The number of carbonyl (C=O) groups excluding carboxylic acids is 1. The van der Waals surface area contributed by atoms with E-state index < -0.39 is 31.3 Å². The van der Waals surface area contributed by atoms with Crippen molar-refractivity contribution in [3.8, 4) is 5.75 Å². The zero-order valence-corrected chi connectivity index (χ0v) is 18.2. The van der Waals surface area contributed by atoms with Crippen LogP contribution in [0.5, 0.6) is 5.75 Å². The second-order valence-corrected chi connectivity index (χ2v) is 10.4. The van der Waals surface area contributed by atoms with Crippen molar-refractivity contribution in [2.45, 2.75) is 49.3 Å². The molecule has 1 atom stereocenters. The molecule has 0 aliphatic heterocycles. The minimum absolute atomic E-state index is 0.0771. The molecule has 0 saturated heterocycles. The standard InChI is InChI=1S/C18H24Cl2N2O5S/c1-4-27-10-18(2,3)28(25,26)16-12(20)8-9-14(15(16)23)22-17(24)21-13-7-5-6-11(13)19/h6,8-9,13,23H,4-5,7,10H2,1-3H3,(H2,21,22,24)/t13-/m0/s1. The number of rotatable bonds is 7. The van der Waals surface area contributed by atoms with E-state index in [4.69, 9.17) is 27.9 Å². The van der Waals surface area contributed by atoms with Crippen LogP contribution in [0.15, 0.2) is 28.1 Å². The van der Waals surface area contributed by atoms with Gasteiger partial charge in [-0.1, -0.05) is 29.3 Å². The second-order valence-electron chi connectivity index (χ2n) is 6.99. The van der Waals surface area contributed by atoms with E-state index in [0.29, 0.717) is 18.1 Å². The third kappa shape index (κ3) is 4.74. The Morgan fingerprint density at radius 1 is 1.36 bits per heavy atom. The fraction of sp³-hybridized carbons (Fsp3) is 0.500. The number of aromatic hydroxyl groups is 1. The summed E-state index contributed by atoms with van der Waals surface area (Å²) in [5.74, 6) is -0.625. The summed E-state index contributed by atoms with van der Waals surface area (Å²) in [5, 5.41) is 16.1. The van der Waals surface area contributed by atoms with Crippen molar-refractivity contribution in [1.29, 1.82) is 0 Å². The Kier molecular flexibility index (Phi) is 7.25. The molecule has 1 aromatic rings. The molecule has 0 radical (unpaired) electrons. The summed E-state index contributed by atoms with van der Waals surface area (Å²) in [7, 11) is -4.07. The molecule has 156 valence electrons. The van der Waals surface area contributed by atoms with Gasteiger partial charge in [0, 0.05) is 11.6 Å². The molecule has 0 spiro atoms. The van der Waals surface area contributed by atoms with Crippen molar-refractivity contribution in [2.75, 3.05) is 18.5 Å². The molecular formula is C18H24Cl2N2O5S. The largest absolute Gasteiger partial charge is 0.504 e. The van der Waals surface area contributed by atoms with Crippen LogP contribution in [0.4, 0.5) is 10.5 Å². The first-order valence-electron chi connectivity index (χ1n) is 8.78. The molecule has 1 aliphatic carbocycles. The van der Waals surface area contributed by atoms with Crippen molar-refractivity contribution in [3.05, 3.63) is 28.3 Å². The maximum Gasteiger partial charge on any atom is 0.319 e. The number of carbonyl (C=O) groups is 1. The Hall–Kier alpha value is -1.48. The normalized spacial score (nSPS) is 17.3. The van der Waals surface area contributed by atoms with Crippen LogP contribution in [-0.4, -0.2) is 43.6 Å². The molecule has 2 amide bonds. The molecular weight excluding hydrogens is 427 g/mol. The topological polar surface area (TPSA) is 105 Å². The number of amides is 2. The summed E-state index contributed by atoms with van der Waals surface area (Å²) < 4.78 is 30.1. The SMILES string of the molecule is CCOCC(C)(C)S(=O)(=O)c1c(Cl)ccc(NC(=O)N[C@H]2CCC=C2Cl)c1O. The van der Waals surface area contributed by atoms with Crippen molar-refractivity contribution < 1.29 is 23.1 Å². The minimum Gasteiger partial charge on any atom is -0.504 e. The van der Waals surface area contributed by atoms with Gasteiger partial charge in [-0.2, -0.15) is 0 Å². The molecule has 1 aromatic carbocycles. The Bertz CT molecular complexity index is 884. The molecule has 10 heteroatoms. The smallest absolute Gasteiger partial charge is 0.319 e. The number of halogens is 2. The van der Waals surface area contributed by atoms with Crippen LogP contribution in [-0.2, 0) is 14.6 Å². The van der Waals surface area contributed by atoms with Crippen LogP contribution in [0, 0.1) is 0 Å². The number of nitrogens with one attached hydrogen (secondary N) is 2. The van der Waals surface area contributed by atoms with E-state index in [1.165, 1.54) is 26.0 Å². The van der Waals surface area contributed by atoms with Gasteiger partial charge in [-0.25, -0.2) is 13.2 Å². The van der Waals surface area contributed by atoms with Crippen LogP contribution in [0.3, 0.4) is 0 Å². The average molecular weight is 451 g/mol. The summed E-state index contributed by atoms with van der Waals surface area (Å²) in [6.45, 7) is 4.98. The van der Waals surface area contributed by atoms with Crippen LogP contribution < -0.4 is 10.6 Å². The van der Waals surface area contributed by atoms with Crippen LogP contribution in [0.2, 0.25) is 5.02 Å². The first-order valence-corrected chi connectivity index (χ1v) is 11.0. The van der Waals surface area contributed by atoms with E-state index in [2.05, 4.69) is 10.6 Å². The van der Waals surface area contributed by atoms with Gasteiger partial charge in [0.2, 0.25) is 0 Å². The summed E-state index contributed by atoms with van der Waals surface area (Å²) in [4.78, 5) is 11.8. The minimum atomic E-state index is -4.07. The maximum absolute atomic E-state index is 13.1. The van der Waals surface area contributed by atoms with E-state index in [-0.39, 0.29) is 23.4 Å². The number of ether oxygens (including phenoxy) is 1. The van der Waals surface area contributed by atoms with Gasteiger partial charge in [-0.05, 0) is 45.7 Å². The second kappa shape index (κ2) is 8.90. The van der Waals surface area contributed by atoms with Gasteiger partial charge in [-0.3, -0.25) is 0 Å². The van der Waals surface area contributed by atoms with Crippen molar-refractivity contribution in [2.24, 2.45) is 0 Å². The predicted octanol–water partition coefficient (Wildman–Crippen LogP) is 4.04. The lowest BCUT2D eigenvalue weighted by molar-refractivity contribution is 0.129. The van der Waals surface area contributed by atoms with E-state index in [9.17, 15) is 18.3 Å².